The molecule has 16 heavy (non-hydrogen) atoms. The van der Waals surface area contributed by atoms with Crippen LogP contribution in [0.25, 0.3) is 0 Å². The molecule has 0 amide bonds. The summed E-state index contributed by atoms with van der Waals surface area (Å²) < 4.78 is 34.4. The monoisotopic (exact) mass is 232 g/mol. The standard InChI is InChI=1S/C10H10F2O4/c1-15-6-3-5(9(11)12)4-7(16-2)8(6)10(13)14/h3-4,9H,1-2H3,(H,13,14). The molecule has 0 spiro atoms. The highest BCUT2D eigenvalue weighted by Gasteiger charge is 2.21. The topological polar surface area (TPSA) is 55.8 Å². The van der Waals surface area contributed by atoms with Crippen LogP contribution in [0, 0.1) is 0 Å². The van der Waals surface area contributed by atoms with E-state index in [-0.39, 0.29) is 22.6 Å². The van der Waals surface area contributed by atoms with Crippen molar-refractivity contribution in [2.45, 2.75) is 6.43 Å². The second-order valence-corrected chi connectivity index (χ2v) is 2.91. The van der Waals surface area contributed by atoms with Crippen LogP contribution in [0.1, 0.15) is 22.3 Å². The number of carbonyl (C=O) groups is 1. The van der Waals surface area contributed by atoms with Gasteiger partial charge in [0.2, 0.25) is 0 Å². The summed E-state index contributed by atoms with van der Waals surface area (Å²) in [6.45, 7) is 0. The summed E-state index contributed by atoms with van der Waals surface area (Å²) in [7, 11) is 2.41. The van der Waals surface area contributed by atoms with Gasteiger partial charge in [-0.05, 0) is 12.1 Å². The summed E-state index contributed by atoms with van der Waals surface area (Å²) in [5.74, 6) is -1.60. The number of carboxylic acid groups (broad SMARTS) is 1. The zero-order chi connectivity index (χ0) is 12.3. The van der Waals surface area contributed by atoms with Gasteiger partial charge in [0, 0.05) is 5.56 Å². The van der Waals surface area contributed by atoms with Crippen molar-refractivity contribution in [2.75, 3.05) is 14.2 Å². The normalized spacial score (nSPS) is 10.3. The van der Waals surface area contributed by atoms with Gasteiger partial charge in [-0.15, -0.1) is 0 Å². The minimum atomic E-state index is -2.72. The number of rotatable bonds is 4. The van der Waals surface area contributed by atoms with E-state index in [2.05, 4.69) is 0 Å². The molecule has 88 valence electrons. The van der Waals surface area contributed by atoms with Gasteiger partial charge < -0.3 is 14.6 Å². The van der Waals surface area contributed by atoms with Crippen molar-refractivity contribution in [1.29, 1.82) is 0 Å². The maximum Gasteiger partial charge on any atom is 0.343 e. The third-order valence-electron chi connectivity index (χ3n) is 1.99. The Morgan fingerprint density at radius 3 is 1.94 bits per heavy atom. The molecule has 0 aliphatic rings. The van der Waals surface area contributed by atoms with Crippen molar-refractivity contribution in [3.63, 3.8) is 0 Å². The lowest BCUT2D eigenvalue weighted by atomic mass is 10.1. The van der Waals surface area contributed by atoms with Gasteiger partial charge in [0.15, 0.2) is 0 Å². The highest BCUT2D eigenvalue weighted by atomic mass is 19.3. The van der Waals surface area contributed by atoms with Gasteiger partial charge in [0.05, 0.1) is 14.2 Å². The van der Waals surface area contributed by atoms with Crippen molar-refractivity contribution >= 4 is 5.97 Å². The van der Waals surface area contributed by atoms with Gasteiger partial charge in [-0.3, -0.25) is 0 Å². The average molecular weight is 232 g/mol. The fourth-order valence-corrected chi connectivity index (χ4v) is 1.27. The fraction of sp³-hybridized carbons (Fsp3) is 0.300. The molecule has 0 unspecified atom stereocenters. The summed E-state index contributed by atoms with van der Waals surface area (Å²) in [5, 5.41) is 8.89. The molecular formula is C10H10F2O4. The van der Waals surface area contributed by atoms with Crippen LogP contribution in [0.15, 0.2) is 12.1 Å². The van der Waals surface area contributed by atoms with Crippen molar-refractivity contribution in [3.05, 3.63) is 23.3 Å². The molecule has 0 radical (unpaired) electrons. The molecule has 0 bridgehead atoms. The largest absolute Gasteiger partial charge is 0.496 e. The first-order valence-corrected chi connectivity index (χ1v) is 4.28. The van der Waals surface area contributed by atoms with E-state index in [0.717, 1.165) is 12.1 Å². The number of hydrogen-bond acceptors (Lipinski definition) is 3. The summed E-state index contributed by atoms with van der Waals surface area (Å²) in [5.41, 5.74) is -0.617. The average Bonchev–Trinajstić information content (AvgIpc) is 2.26. The Balaban J connectivity index is 3.43. The number of hydrogen-bond donors (Lipinski definition) is 1. The first-order valence-electron chi connectivity index (χ1n) is 4.28. The molecule has 0 aliphatic heterocycles. The van der Waals surface area contributed by atoms with Crippen LogP contribution >= 0.6 is 0 Å². The summed E-state index contributed by atoms with van der Waals surface area (Å²) in [4.78, 5) is 10.9. The van der Waals surface area contributed by atoms with Crippen molar-refractivity contribution < 1.29 is 28.2 Å². The van der Waals surface area contributed by atoms with Gasteiger partial charge >= 0.3 is 5.97 Å². The molecule has 4 nitrogen and oxygen atoms in total. The smallest absolute Gasteiger partial charge is 0.343 e. The first-order chi connectivity index (χ1) is 7.51. The lowest BCUT2D eigenvalue weighted by Gasteiger charge is -2.12. The minimum Gasteiger partial charge on any atom is -0.496 e. The van der Waals surface area contributed by atoms with Crippen molar-refractivity contribution in [2.24, 2.45) is 0 Å². The van der Waals surface area contributed by atoms with Crippen LogP contribution < -0.4 is 9.47 Å². The van der Waals surface area contributed by atoms with E-state index in [1.54, 1.807) is 0 Å². The summed E-state index contributed by atoms with van der Waals surface area (Å²) in [6.07, 6.45) is -2.72. The van der Waals surface area contributed by atoms with E-state index in [9.17, 15) is 13.6 Å². The van der Waals surface area contributed by atoms with Crippen LogP contribution in [0.5, 0.6) is 11.5 Å². The van der Waals surface area contributed by atoms with Gasteiger partial charge in [-0.1, -0.05) is 0 Å². The van der Waals surface area contributed by atoms with Crippen LogP contribution in [0.2, 0.25) is 0 Å². The van der Waals surface area contributed by atoms with E-state index in [0.29, 0.717) is 0 Å². The minimum absolute atomic E-state index is 0.151. The van der Waals surface area contributed by atoms with E-state index in [1.807, 2.05) is 0 Å². The molecule has 6 heteroatoms. The molecule has 0 aromatic heterocycles. The van der Waals surface area contributed by atoms with Crippen LogP contribution in [0.4, 0.5) is 8.78 Å². The van der Waals surface area contributed by atoms with Gasteiger partial charge in [-0.25, -0.2) is 13.6 Å². The Morgan fingerprint density at radius 2 is 1.69 bits per heavy atom. The fourth-order valence-electron chi connectivity index (χ4n) is 1.27. The lowest BCUT2D eigenvalue weighted by molar-refractivity contribution is 0.0688. The van der Waals surface area contributed by atoms with Crippen molar-refractivity contribution in [1.82, 2.24) is 0 Å². The van der Waals surface area contributed by atoms with Gasteiger partial charge in [0.25, 0.3) is 6.43 Å². The maximum absolute atomic E-state index is 12.5. The van der Waals surface area contributed by atoms with E-state index in [1.165, 1.54) is 14.2 Å². The molecule has 1 aromatic carbocycles. The molecule has 1 N–H and O–H groups in total. The SMILES string of the molecule is COc1cc(C(F)F)cc(OC)c1C(=O)O. The second kappa shape index (κ2) is 4.78. The first kappa shape index (κ1) is 12.2. The lowest BCUT2D eigenvalue weighted by Crippen LogP contribution is -2.05. The highest BCUT2D eigenvalue weighted by molar-refractivity contribution is 5.94. The summed E-state index contributed by atoms with van der Waals surface area (Å²) in [6, 6.07) is 1.97. The third kappa shape index (κ3) is 2.21. The maximum atomic E-state index is 12.5. The van der Waals surface area contributed by atoms with Crippen LogP contribution in [0.3, 0.4) is 0 Å². The Kier molecular flexibility index (Phi) is 3.65. The number of halogens is 2. The summed E-state index contributed by atoms with van der Waals surface area (Å²) >= 11 is 0. The Labute approximate surface area is 90.4 Å². The number of alkyl halides is 2. The third-order valence-corrected chi connectivity index (χ3v) is 1.99. The molecule has 0 atom stereocenters. The molecule has 0 saturated heterocycles. The van der Waals surface area contributed by atoms with E-state index >= 15 is 0 Å². The molecule has 1 aromatic rings. The van der Waals surface area contributed by atoms with Gasteiger partial charge in [0.1, 0.15) is 17.1 Å². The molecule has 0 heterocycles. The number of aromatic carboxylic acids is 1. The zero-order valence-corrected chi connectivity index (χ0v) is 8.66. The molecule has 1 rings (SSSR count). The quantitative estimate of drug-likeness (QED) is 0.865. The van der Waals surface area contributed by atoms with Gasteiger partial charge in [-0.2, -0.15) is 0 Å². The second-order valence-electron chi connectivity index (χ2n) is 2.91. The number of carboxylic acids is 1. The zero-order valence-electron chi connectivity index (χ0n) is 8.66. The predicted octanol–water partition coefficient (Wildman–Crippen LogP) is 2.34. The Hall–Kier alpha value is -1.85. The highest BCUT2D eigenvalue weighted by Crippen LogP contribution is 2.34. The molecule has 0 fully saturated rings. The molecular weight excluding hydrogens is 222 g/mol. The van der Waals surface area contributed by atoms with Crippen LogP contribution in [-0.2, 0) is 0 Å². The van der Waals surface area contributed by atoms with E-state index < -0.39 is 12.4 Å². The number of benzene rings is 1. The Bertz CT molecular complexity index is 379. The predicted molar refractivity (Wildman–Crippen MR) is 51.5 cm³/mol. The number of ether oxygens (including phenoxy) is 2. The van der Waals surface area contributed by atoms with Crippen molar-refractivity contribution in [3.8, 4) is 11.5 Å². The Morgan fingerprint density at radius 1 is 1.25 bits per heavy atom. The molecule has 0 saturated carbocycles. The van der Waals surface area contributed by atoms with Crippen LogP contribution in [-0.4, -0.2) is 25.3 Å². The number of methoxy groups -OCH3 is 2. The molecule has 0 aliphatic carbocycles. The van der Waals surface area contributed by atoms with E-state index in [4.69, 9.17) is 14.6 Å².